The van der Waals surface area contributed by atoms with Gasteiger partial charge in [-0.2, -0.15) is 0 Å². The summed E-state index contributed by atoms with van der Waals surface area (Å²) in [5.41, 5.74) is 0. The molecule has 0 saturated heterocycles. The second kappa shape index (κ2) is 59.4. The fourth-order valence-electron chi connectivity index (χ4n) is 10.3. The maximum Gasteiger partial charge on any atom is 0.306 e. The number of allylic oxidation sites excluding steroid dienone is 5. The molecule has 0 spiro atoms. The molecule has 0 rings (SSSR count). The first-order valence-corrected chi connectivity index (χ1v) is 35.8. The van der Waals surface area contributed by atoms with Crippen molar-refractivity contribution in [1.29, 1.82) is 0 Å². The van der Waals surface area contributed by atoms with E-state index >= 15 is 0 Å². The maximum absolute atomic E-state index is 13.5. The van der Waals surface area contributed by atoms with Crippen LogP contribution in [0, 0.1) is 0 Å². The Morgan fingerprint density at radius 3 is 1.16 bits per heavy atom. The van der Waals surface area contributed by atoms with Crippen molar-refractivity contribution in [1.82, 2.24) is 5.32 Å². The average molecular weight is 1130 g/mol. The molecule has 0 aliphatic rings. The predicted octanol–water partition coefficient (Wildman–Crippen LogP) is 20.8. The van der Waals surface area contributed by atoms with E-state index in [2.05, 4.69) is 44.3 Å². The van der Waals surface area contributed by atoms with Crippen LogP contribution in [0.25, 0.3) is 0 Å². The molecule has 0 fully saturated rings. The summed E-state index contributed by atoms with van der Waals surface area (Å²) in [4.78, 5) is 40.0. The molecule has 9 nitrogen and oxygen atoms in total. The molecule has 0 saturated carbocycles. The Kier molecular flexibility index (Phi) is 58.1. The number of nitrogens with zero attached hydrogens (tertiary/aromatic N) is 1. The van der Waals surface area contributed by atoms with E-state index in [4.69, 9.17) is 13.8 Å². The summed E-state index contributed by atoms with van der Waals surface area (Å²) in [7, 11) is 1.17. The van der Waals surface area contributed by atoms with E-state index in [9.17, 15) is 19.0 Å². The Labute approximate surface area is 491 Å². The molecule has 0 aliphatic heterocycles. The molecule has 0 bridgehead atoms. The van der Waals surface area contributed by atoms with Gasteiger partial charge in [-0.1, -0.05) is 314 Å². The smallest absolute Gasteiger partial charge is 0.306 e. The lowest BCUT2D eigenvalue weighted by atomic mass is 10.0. The molecular weight excluding hydrogens is 1000 g/mol. The molecule has 3 atom stereocenters. The van der Waals surface area contributed by atoms with Crippen molar-refractivity contribution in [3.8, 4) is 0 Å². The SMILES string of the molecule is CCCCCCCC/C=C\C/C=C/CCC(=O)NC(COP(=O)([O-])OCC[N+](C)(C)C)C(/C=C\CCCCCCCCCCCCC)OC(=O)CCCCCCCCCCCCCCCCCCCCCCCCCCCCC. The Morgan fingerprint density at radius 2 is 0.785 bits per heavy atom. The van der Waals surface area contributed by atoms with E-state index in [1.165, 1.54) is 250 Å². The molecule has 3 unspecified atom stereocenters. The van der Waals surface area contributed by atoms with Crippen LogP contribution in [0.15, 0.2) is 36.5 Å². The van der Waals surface area contributed by atoms with E-state index in [0.717, 1.165) is 51.4 Å². The number of unbranched alkanes of at least 4 members (excludes halogenated alkanes) is 43. The Morgan fingerprint density at radius 1 is 0.443 bits per heavy atom. The highest BCUT2D eigenvalue weighted by atomic mass is 31.2. The van der Waals surface area contributed by atoms with Gasteiger partial charge >= 0.3 is 5.97 Å². The molecule has 0 radical (unpaired) electrons. The number of amides is 1. The van der Waals surface area contributed by atoms with Crippen molar-refractivity contribution >= 4 is 19.7 Å². The number of carbonyl (C=O) groups excluding carboxylic acids is 2. The van der Waals surface area contributed by atoms with E-state index < -0.39 is 26.6 Å². The second-order valence-corrected chi connectivity index (χ2v) is 26.1. The van der Waals surface area contributed by atoms with Crippen LogP contribution in [0.4, 0.5) is 0 Å². The van der Waals surface area contributed by atoms with Gasteiger partial charge < -0.3 is 28.5 Å². The number of rotatable bonds is 63. The number of nitrogens with one attached hydrogen (secondary N) is 1. The van der Waals surface area contributed by atoms with Crippen LogP contribution < -0.4 is 10.2 Å². The summed E-state index contributed by atoms with van der Waals surface area (Å²) >= 11 is 0. The summed E-state index contributed by atoms with van der Waals surface area (Å²) in [6.07, 6.45) is 73.0. The minimum atomic E-state index is -4.71. The summed E-state index contributed by atoms with van der Waals surface area (Å²) in [6, 6.07) is -0.915. The minimum Gasteiger partial charge on any atom is -0.756 e. The lowest BCUT2D eigenvalue weighted by Crippen LogP contribution is -2.47. The second-order valence-electron chi connectivity index (χ2n) is 24.7. The van der Waals surface area contributed by atoms with Crippen molar-refractivity contribution in [2.24, 2.45) is 0 Å². The normalized spacial score (nSPS) is 13.8. The topological polar surface area (TPSA) is 114 Å². The fourth-order valence-corrected chi connectivity index (χ4v) is 11.0. The van der Waals surface area contributed by atoms with Crippen molar-refractivity contribution in [2.45, 2.75) is 354 Å². The zero-order valence-corrected chi connectivity index (χ0v) is 54.2. The van der Waals surface area contributed by atoms with Gasteiger partial charge in [-0.15, -0.1) is 0 Å². The number of ether oxygens (including phenoxy) is 1. The van der Waals surface area contributed by atoms with Gasteiger partial charge in [0, 0.05) is 12.8 Å². The molecule has 0 heterocycles. The Bertz CT molecular complexity index is 1450. The van der Waals surface area contributed by atoms with Gasteiger partial charge in [0.15, 0.2) is 0 Å². The molecule has 0 aromatic rings. The van der Waals surface area contributed by atoms with Crippen LogP contribution in [-0.2, 0) is 27.9 Å². The predicted molar refractivity (Wildman–Crippen MR) is 340 cm³/mol. The van der Waals surface area contributed by atoms with Gasteiger partial charge in [-0.05, 0) is 51.0 Å². The summed E-state index contributed by atoms with van der Waals surface area (Å²) in [5.74, 6) is -0.603. The third-order valence-electron chi connectivity index (χ3n) is 15.6. The van der Waals surface area contributed by atoms with Crippen LogP contribution in [-0.4, -0.2) is 69.4 Å². The largest absolute Gasteiger partial charge is 0.756 e. The van der Waals surface area contributed by atoms with Gasteiger partial charge in [-0.25, -0.2) is 0 Å². The van der Waals surface area contributed by atoms with Crippen LogP contribution in [0.2, 0.25) is 0 Å². The lowest BCUT2D eigenvalue weighted by Gasteiger charge is -2.30. The quantitative estimate of drug-likeness (QED) is 0.0212. The molecule has 0 aromatic carbocycles. The summed E-state index contributed by atoms with van der Waals surface area (Å²) in [6.45, 7) is 6.84. The molecule has 0 aromatic heterocycles. The molecule has 79 heavy (non-hydrogen) atoms. The third-order valence-corrected chi connectivity index (χ3v) is 16.6. The fraction of sp³-hybridized carbons (Fsp3) is 0.884. The molecule has 466 valence electrons. The van der Waals surface area contributed by atoms with Crippen LogP contribution in [0.5, 0.6) is 0 Å². The molecule has 0 aliphatic carbocycles. The van der Waals surface area contributed by atoms with Crippen molar-refractivity contribution in [3.05, 3.63) is 36.5 Å². The van der Waals surface area contributed by atoms with E-state index in [-0.39, 0.29) is 31.3 Å². The zero-order chi connectivity index (χ0) is 57.9. The number of hydrogen-bond donors (Lipinski definition) is 1. The first kappa shape index (κ1) is 77.2. The first-order valence-electron chi connectivity index (χ1n) is 34.3. The van der Waals surface area contributed by atoms with Crippen LogP contribution >= 0.6 is 7.82 Å². The maximum atomic E-state index is 13.5. The molecular formula is C69H133N2O7P. The number of phosphoric ester groups is 1. The van der Waals surface area contributed by atoms with Gasteiger partial charge in [-0.3, -0.25) is 14.2 Å². The van der Waals surface area contributed by atoms with Gasteiger partial charge in [0.05, 0.1) is 33.8 Å². The highest BCUT2D eigenvalue weighted by Crippen LogP contribution is 2.38. The van der Waals surface area contributed by atoms with Crippen molar-refractivity contribution in [3.63, 3.8) is 0 Å². The van der Waals surface area contributed by atoms with Crippen molar-refractivity contribution in [2.75, 3.05) is 40.9 Å². The van der Waals surface area contributed by atoms with Crippen molar-refractivity contribution < 1.29 is 37.3 Å². The monoisotopic (exact) mass is 1130 g/mol. The third kappa shape index (κ3) is 60.6. The Balaban J connectivity index is 5.01. The van der Waals surface area contributed by atoms with E-state index in [1.54, 1.807) is 0 Å². The zero-order valence-electron chi connectivity index (χ0n) is 53.3. The van der Waals surface area contributed by atoms with Gasteiger partial charge in [0.1, 0.15) is 19.3 Å². The number of esters is 1. The van der Waals surface area contributed by atoms with Crippen LogP contribution in [0.3, 0.4) is 0 Å². The number of likely N-dealkylation sites (N-methyl/N-ethyl adjacent to an activating group) is 1. The minimum absolute atomic E-state index is 0.0290. The van der Waals surface area contributed by atoms with Gasteiger partial charge in [0.25, 0.3) is 7.82 Å². The first-order chi connectivity index (χ1) is 38.4. The Hall–Kier alpha value is -1.77. The summed E-state index contributed by atoms with van der Waals surface area (Å²) in [5, 5.41) is 2.99. The highest BCUT2D eigenvalue weighted by molar-refractivity contribution is 7.45. The standard InChI is InChI=1S/C69H133N2O7P/c1-7-10-13-16-19-22-25-28-29-30-31-32-33-34-35-36-37-38-39-40-41-44-47-50-53-56-59-62-69(73)78-67(60-57-54-51-48-45-42-26-23-20-17-14-11-8-2)66(65-77-79(74,75)76-64-63-71(4,5)6)70-68(72)61-58-55-52-49-46-43-27-24-21-18-15-12-9-3/h43,46,52,55,57,60,66-67H,7-42,44-45,47-51,53-54,56,58-59,61-65H2,1-6H3,(H-,70,72,74,75)/b46-43-,55-52+,60-57-. The lowest BCUT2D eigenvalue weighted by molar-refractivity contribution is -0.870. The number of carbonyl (C=O) groups is 2. The highest BCUT2D eigenvalue weighted by Gasteiger charge is 2.27. The van der Waals surface area contributed by atoms with Gasteiger partial charge in [0.2, 0.25) is 5.91 Å². The van der Waals surface area contributed by atoms with E-state index in [1.807, 2.05) is 39.4 Å². The average Bonchev–Trinajstić information content (AvgIpc) is 3.41. The number of quaternary nitrogens is 1. The van der Waals surface area contributed by atoms with Crippen LogP contribution in [0.1, 0.15) is 342 Å². The summed E-state index contributed by atoms with van der Waals surface area (Å²) < 4.78 is 30.3. The number of phosphoric acid groups is 1. The molecule has 1 amide bonds. The van der Waals surface area contributed by atoms with E-state index in [0.29, 0.717) is 17.4 Å². The molecule has 10 heteroatoms. The molecule has 1 N–H and O–H groups in total. The number of hydrogen-bond acceptors (Lipinski definition) is 7.